The average molecular weight is 530 g/mol. The number of hydrogen-bond acceptors (Lipinski definition) is 9. The van der Waals surface area contributed by atoms with Crippen LogP contribution in [0.4, 0.5) is 0 Å². The quantitative estimate of drug-likeness (QED) is 0.428. The van der Waals surface area contributed by atoms with Crippen LogP contribution in [0.5, 0.6) is 17.4 Å². The summed E-state index contributed by atoms with van der Waals surface area (Å²) in [7, 11) is -4.11. The van der Waals surface area contributed by atoms with Gasteiger partial charge in [0.2, 0.25) is 15.9 Å². The van der Waals surface area contributed by atoms with Gasteiger partial charge in [-0.3, -0.25) is 9.78 Å². The minimum atomic E-state index is -4.11. The zero-order valence-electron chi connectivity index (χ0n) is 17.4. The Hall–Kier alpha value is -2.97. The highest BCUT2D eigenvalue weighted by atomic mass is 35.5. The van der Waals surface area contributed by atoms with Crippen LogP contribution in [0.15, 0.2) is 38.9 Å². The molecule has 0 bridgehead atoms. The van der Waals surface area contributed by atoms with E-state index in [1.54, 1.807) is 0 Å². The third-order valence-corrected chi connectivity index (χ3v) is 6.90. The van der Waals surface area contributed by atoms with Gasteiger partial charge in [-0.15, -0.1) is 0 Å². The molecule has 1 atom stereocenters. The van der Waals surface area contributed by atoms with Gasteiger partial charge in [0, 0.05) is 18.7 Å². The number of aromatic hydroxyl groups is 1. The number of aromatic nitrogens is 4. The maximum Gasteiger partial charge on any atom is 0.349 e. The Labute approximate surface area is 202 Å². The van der Waals surface area contributed by atoms with Gasteiger partial charge in [-0.1, -0.05) is 23.2 Å². The minimum Gasteiger partial charge on any atom is -0.505 e. The number of ether oxygens (including phenoxy) is 2. The Morgan fingerprint density at radius 3 is 2.62 bits per heavy atom. The standard InChI is InChI=1S/C19H17Cl2N5O7S/c1-9-18(28)23-19(29)26(24-9)11-4-12(20)17(13(21)5-11)33-16-6-15(14(27)7-22-16)34(30,31)25-10-2-3-32-8-10/h4-7,10,25,27H,2-3,8H2,1H3,(H,23,28,29)/t10-/m0/s1. The number of pyridine rings is 1. The van der Waals surface area contributed by atoms with Crippen molar-refractivity contribution in [3.05, 3.63) is 61.0 Å². The Morgan fingerprint density at radius 1 is 1.26 bits per heavy atom. The molecule has 1 saturated heterocycles. The van der Waals surface area contributed by atoms with Gasteiger partial charge in [-0.2, -0.15) is 9.78 Å². The lowest BCUT2D eigenvalue weighted by atomic mass is 10.3. The summed E-state index contributed by atoms with van der Waals surface area (Å²) in [5.41, 5.74) is -1.23. The Balaban J connectivity index is 1.66. The summed E-state index contributed by atoms with van der Waals surface area (Å²) in [6.07, 6.45) is 1.41. The van der Waals surface area contributed by atoms with Crippen molar-refractivity contribution in [1.29, 1.82) is 0 Å². The number of aryl methyl sites for hydroxylation is 1. The monoisotopic (exact) mass is 529 g/mol. The van der Waals surface area contributed by atoms with Crippen LogP contribution in [0.25, 0.3) is 5.69 Å². The minimum absolute atomic E-state index is 0.0481. The SMILES string of the molecule is Cc1nn(-c2cc(Cl)c(Oc3cc(S(=O)(=O)N[C@H]4CCOC4)c(O)cn3)c(Cl)c2)c(=O)[nH]c1=O. The van der Waals surface area contributed by atoms with E-state index >= 15 is 0 Å². The third-order valence-electron chi connectivity index (χ3n) is 4.79. The largest absolute Gasteiger partial charge is 0.505 e. The molecule has 3 N–H and O–H groups in total. The molecule has 1 aromatic carbocycles. The molecule has 0 spiro atoms. The van der Waals surface area contributed by atoms with Crippen molar-refractivity contribution in [2.75, 3.05) is 13.2 Å². The van der Waals surface area contributed by atoms with E-state index in [9.17, 15) is 23.1 Å². The first-order valence-corrected chi connectivity index (χ1v) is 12.0. The summed E-state index contributed by atoms with van der Waals surface area (Å²) in [6, 6.07) is 3.22. The third kappa shape index (κ3) is 4.93. The smallest absolute Gasteiger partial charge is 0.349 e. The summed E-state index contributed by atoms with van der Waals surface area (Å²) in [6.45, 7) is 2.07. The summed E-state index contributed by atoms with van der Waals surface area (Å²) >= 11 is 12.6. The predicted octanol–water partition coefficient (Wildman–Crippen LogP) is 1.50. The number of nitrogens with zero attached hydrogens (tertiary/aromatic N) is 3. The van der Waals surface area contributed by atoms with Gasteiger partial charge in [-0.05, 0) is 25.5 Å². The molecule has 1 aliphatic heterocycles. The Morgan fingerprint density at radius 2 is 1.97 bits per heavy atom. The molecule has 180 valence electrons. The summed E-state index contributed by atoms with van der Waals surface area (Å²) < 4.78 is 39.5. The second-order valence-corrected chi connectivity index (χ2v) is 9.77. The first-order valence-electron chi connectivity index (χ1n) is 9.72. The number of nitrogens with one attached hydrogen (secondary N) is 2. The van der Waals surface area contributed by atoms with E-state index in [1.165, 1.54) is 19.1 Å². The van der Waals surface area contributed by atoms with Crippen molar-refractivity contribution in [2.24, 2.45) is 0 Å². The van der Waals surface area contributed by atoms with Crippen LogP contribution < -0.4 is 20.7 Å². The van der Waals surface area contributed by atoms with Crippen molar-refractivity contribution in [3.8, 4) is 23.1 Å². The van der Waals surface area contributed by atoms with Crippen molar-refractivity contribution in [3.63, 3.8) is 0 Å². The highest BCUT2D eigenvalue weighted by Gasteiger charge is 2.27. The van der Waals surface area contributed by atoms with E-state index in [4.69, 9.17) is 32.7 Å². The molecule has 12 nitrogen and oxygen atoms in total. The van der Waals surface area contributed by atoms with Crippen LogP contribution in [0, 0.1) is 6.92 Å². The second kappa shape index (κ2) is 9.35. The Bertz CT molecular complexity index is 1460. The molecule has 0 saturated carbocycles. The molecule has 34 heavy (non-hydrogen) atoms. The zero-order chi connectivity index (χ0) is 24.6. The van der Waals surface area contributed by atoms with Gasteiger partial charge in [0.25, 0.3) is 5.56 Å². The van der Waals surface area contributed by atoms with Crippen molar-refractivity contribution in [1.82, 2.24) is 24.5 Å². The maximum atomic E-state index is 12.7. The van der Waals surface area contributed by atoms with Crippen LogP contribution in [-0.2, 0) is 14.8 Å². The van der Waals surface area contributed by atoms with E-state index in [2.05, 4.69) is 19.8 Å². The number of sulfonamides is 1. The van der Waals surface area contributed by atoms with E-state index in [0.717, 1.165) is 16.9 Å². The lowest BCUT2D eigenvalue weighted by molar-refractivity contribution is 0.192. The topological polar surface area (TPSA) is 166 Å². The first kappa shape index (κ1) is 24.2. The van der Waals surface area contributed by atoms with Crippen molar-refractivity contribution >= 4 is 33.2 Å². The van der Waals surface area contributed by atoms with E-state index in [0.29, 0.717) is 13.0 Å². The van der Waals surface area contributed by atoms with E-state index < -0.39 is 38.0 Å². The predicted molar refractivity (Wildman–Crippen MR) is 121 cm³/mol. The van der Waals surface area contributed by atoms with Gasteiger partial charge >= 0.3 is 5.69 Å². The number of rotatable bonds is 6. The molecule has 4 rings (SSSR count). The van der Waals surface area contributed by atoms with Crippen molar-refractivity contribution < 1.29 is 23.0 Å². The molecule has 1 fully saturated rings. The maximum absolute atomic E-state index is 12.7. The fourth-order valence-electron chi connectivity index (χ4n) is 3.12. The van der Waals surface area contributed by atoms with Crippen LogP contribution in [0.2, 0.25) is 10.0 Å². The van der Waals surface area contributed by atoms with Crippen LogP contribution in [-0.4, -0.2) is 52.5 Å². The number of benzene rings is 1. The summed E-state index contributed by atoms with van der Waals surface area (Å²) in [4.78, 5) is 29.2. The normalized spacial score (nSPS) is 16.0. The molecule has 0 unspecified atom stereocenters. The highest BCUT2D eigenvalue weighted by molar-refractivity contribution is 7.89. The Kier molecular flexibility index (Phi) is 6.64. The molecule has 15 heteroatoms. The van der Waals surface area contributed by atoms with Gasteiger partial charge in [0.05, 0.1) is 28.5 Å². The number of halogens is 2. The van der Waals surface area contributed by atoms with Gasteiger partial charge in [-0.25, -0.2) is 22.9 Å². The average Bonchev–Trinajstić information content (AvgIpc) is 3.26. The molecule has 3 heterocycles. The molecule has 3 aromatic rings. The lowest BCUT2D eigenvalue weighted by Crippen LogP contribution is -2.35. The van der Waals surface area contributed by atoms with Crippen LogP contribution >= 0.6 is 23.2 Å². The number of hydrogen-bond donors (Lipinski definition) is 3. The van der Waals surface area contributed by atoms with Gasteiger partial charge < -0.3 is 14.6 Å². The number of H-pyrrole nitrogens is 1. The molecule has 0 radical (unpaired) electrons. The number of aromatic amines is 1. The van der Waals surface area contributed by atoms with Gasteiger partial charge in [0.1, 0.15) is 10.6 Å². The van der Waals surface area contributed by atoms with Crippen LogP contribution in [0.1, 0.15) is 12.1 Å². The molecule has 1 aliphatic rings. The molecular weight excluding hydrogens is 513 g/mol. The van der Waals surface area contributed by atoms with E-state index in [1.807, 2.05) is 0 Å². The summed E-state index contributed by atoms with van der Waals surface area (Å²) in [5.74, 6) is -0.877. The molecular formula is C19H17Cl2N5O7S. The highest BCUT2D eigenvalue weighted by Crippen LogP contribution is 2.38. The fourth-order valence-corrected chi connectivity index (χ4v) is 5.01. The first-order chi connectivity index (χ1) is 16.0. The fraction of sp³-hybridized carbons (Fsp3) is 0.263. The van der Waals surface area contributed by atoms with E-state index in [-0.39, 0.29) is 39.7 Å². The molecule has 2 aromatic heterocycles. The van der Waals surface area contributed by atoms with Crippen molar-refractivity contribution in [2.45, 2.75) is 24.3 Å². The molecule has 0 aliphatic carbocycles. The van der Waals surface area contributed by atoms with Gasteiger partial charge in [0.15, 0.2) is 11.5 Å². The lowest BCUT2D eigenvalue weighted by Gasteiger charge is -2.14. The second-order valence-electron chi connectivity index (χ2n) is 7.27. The van der Waals surface area contributed by atoms with Crippen LogP contribution in [0.3, 0.4) is 0 Å². The summed E-state index contributed by atoms with van der Waals surface area (Å²) in [5, 5.41) is 13.9. The molecule has 0 amide bonds. The zero-order valence-corrected chi connectivity index (χ0v) is 19.7.